The van der Waals surface area contributed by atoms with E-state index in [0.717, 1.165) is 0 Å². The molecule has 0 aromatic rings. The van der Waals surface area contributed by atoms with Gasteiger partial charge in [-0.3, -0.25) is 0 Å². The van der Waals surface area contributed by atoms with Crippen LogP contribution < -0.4 is 0 Å². The summed E-state index contributed by atoms with van der Waals surface area (Å²) >= 11 is 0. The summed E-state index contributed by atoms with van der Waals surface area (Å²) in [6, 6.07) is 0. The van der Waals surface area contributed by atoms with Crippen molar-refractivity contribution in [3.8, 4) is 0 Å². The van der Waals surface area contributed by atoms with Crippen molar-refractivity contribution in [2.75, 3.05) is 0 Å². The highest BCUT2D eigenvalue weighted by Gasteiger charge is 2.28. The largest absolute Gasteiger partial charge is 0.524 e. The lowest BCUT2D eigenvalue weighted by Crippen LogP contribution is -2.36. The molecular weight excluding hydrogens is 124 g/mol. The highest BCUT2D eigenvalue weighted by Crippen LogP contribution is 2.01. The van der Waals surface area contributed by atoms with Gasteiger partial charge in [-0.2, -0.15) is 0 Å². The first-order chi connectivity index (χ1) is 3.48. The van der Waals surface area contributed by atoms with E-state index in [0.29, 0.717) is 0 Å². The van der Waals surface area contributed by atoms with Gasteiger partial charge in [-0.1, -0.05) is 6.08 Å². The number of allylic oxidation sites excluding steroid dienone is 2. The zero-order valence-electron chi connectivity index (χ0n) is 4.92. The van der Waals surface area contributed by atoms with E-state index in [9.17, 15) is 0 Å². The standard InChI is InChI=1S/C4H10O3Si/c1-3-4(2)8(5,6)7/h3,5-7H,1-2H3. The molecule has 0 aliphatic carbocycles. The molecule has 0 saturated carbocycles. The second-order valence-corrected chi connectivity index (χ2v) is 3.67. The summed E-state index contributed by atoms with van der Waals surface area (Å²) in [7, 11) is -3.90. The lowest BCUT2D eigenvalue weighted by molar-refractivity contribution is 0.242. The van der Waals surface area contributed by atoms with Gasteiger partial charge in [0.15, 0.2) is 0 Å². The van der Waals surface area contributed by atoms with E-state index in [1.54, 1.807) is 6.92 Å². The van der Waals surface area contributed by atoms with Crippen molar-refractivity contribution in [1.82, 2.24) is 0 Å². The molecule has 3 nitrogen and oxygen atoms in total. The number of hydrogen-bond acceptors (Lipinski definition) is 3. The Morgan fingerprint density at radius 3 is 1.75 bits per heavy atom. The van der Waals surface area contributed by atoms with Crippen LogP contribution in [0.4, 0.5) is 0 Å². The number of rotatable bonds is 1. The van der Waals surface area contributed by atoms with Gasteiger partial charge in [0.25, 0.3) is 0 Å². The van der Waals surface area contributed by atoms with Gasteiger partial charge < -0.3 is 14.4 Å². The Hall–Kier alpha value is -0.163. The summed E-state index contributed by atoms with van der Waals surface area (Å²) in [5, 5.41) is 0.262. The van der Waals surface area contributed by atoms with Crippen molar-refractivity contribution < 1.29 is 14.4 Å². The minimum Gasteiger partial charge on any atom is -0.387 e. The SMILES string of the molecule is CC=C(C)[Si](O)(O)O. The maximum Gasteiger partial charge on any atom is 0.524 e. The van der Waals surface area contributed by atoms with Gasteiger partial charge >= 0.3 is 8.80 Å². The molecule has 4 heteroatoms. The van der Waals surface area contributed by atoms with Crippen LogP contribution in [0.15, 0.2) is 11.3 Å². The quantitative estimate of drug-likeness (QED) is 0.420. The van der Waals surface area contributed by atoms with Crippen LogP contribution in [0.2, 0.25) is 0 Å². The van der Waals surface area contributed by atoms with Gasteiger partial charge in [0.2, 0.25) is 0 Å². The molecule has 0 aromatic heterocycles. The Balaban J connectivity index is 4.03. The van der Waals surface area contributed by atoms with Gasteiger partial charge in [0.1, 0.15) is 0 Å². The van der Waals surface area contributed by atoms with Crippen LogP contribution in [0.1, 0.15) is 13.8 Å². The third-order valence-electron chi connectivity index (χ3n) is 0.962. The van der Waals surface area contributed by atoms with E-state index in [2.05, 4.69) is 0 Å². The fourth-order valence-corrected chi connectivity index (χ4v) is 0.581. The fourth-order valence-electron chi connectivity index (χ4n) is 0.194. The molecule has 48 valence electrons. The molecule has 0 fully saturated rings. The first kappa shape index (κ1) is 7.84. The summed E-state index contributed by atoms with van der Waals surface area (Å²) in [5.74, 6) is 0. The minimum absolute atomic E-state index is 0.262. The lowest BCUT2D eigenvalue weighted by atomic mass is 10.6. The molecule has 0 aromatic carbocycles. The zero-order chi connectivity index (χ0) is 6.78. The van der Waals surface area contributed by atoms with Crippen LogP contribution in [-0.2, 0) is 0 Å². The molecule has 0 rings (SSSR count). The van der Waals surface area contributed by atoms with E-state index in [1.807, 2.05) is 0 Å². The van der Waals surface area contributed by atoms with Crippen molar-refractivity contribution in [3.05, 3.63) is 11.3 Å². The molecule has 0 radical (unpaired) electrons. The second-order valence-electron chi connectivity index (χ2n) is 1.61. The summed E-state index contributed by atoms with van der Waals surface area (Å²) in [6.45, 7) is 3.12. The smallest absolute Gasteiger partial charge is 0.387 e. The predicted octanol–water partition coefficient (Wildman–Crippen LogP) is -0.592. The lowest BCUT2D eigenvalue weighted by Gasteiger charge is -2.07. The monoisotopic (exact) mass is 134 g/mol. The van der Waals surface area contributed by atoms with Gasteiger partial charge in [0.05, 0.1) is 0 Å². The van der Waals surface area contributed by atoms with Gasteiger partial charge in [-0.15, -0.1) is 0 Å². The molecule has 0 bridgehead atoms. The third kappa shape index (κ3) is 2.22. The average Bonchev–Trinajstić information content (AvgIpc) is 1.62. The first-order valence-electron chi connectivity index (χ1n) is 2.29. The van der Waals surface area contributed by atoms with E-state index >= 15 is 0 Å². The Bertz CT molecular complexity index is 102. The fraction of sp³-hybridized carbons (Fsp3) is 0.500. The van der Waals surface area contributed by atoms with Crippen molar-refractivity contribution in [1.29, 1.82) is 0 Å². The Morgan fingerprint density at radius 2 is 1.75 bits per heavy atom. The van der Waals surface area contributed by atoms with Crippen LogP contribution in [-0.4, -0.2) is 23.2 Å². The van der Waals surface area contributed by atoms with E-state index < -0.39 is 8.80 Å². The highest BCUT2D eigenvalue weighted by molar-refractivity contribution is 6.64. The summed E-state index contributed by atoms with van der Waals surface area (Å²) in [6.07, 6.45) is 1.48. The zero-order valence-corrected chi connectivity index (χ0v) is 5.92. The molecule has 0 saturated heterocycles. The van der Waals surface area contributed by atoms with Crippen LogP contribution in [0.3, 0.4) is 0 Å². The Morgan fingerprint density at radius 1 is 1.38 bits per heavy atom. The van der Waals surface area contributed by atoms with Crippen molar-refractivity contribution in [2.24, 2.45) is 0 Å². The van der Waals surface area contributed by atoms with Gasteiger partial charge in [0, 0.05) is 0 Å². The van der Waals surface area contributed by atoms with Crippen LogP contribution in [0.25, 0.3) is 0 Å². The summed E-state index contributed by atoms with van der Waals surface area (Å²) < 4.78 is 0. The molecule has 0 spiro atoms. The van der Waals surface area contributed by atoms with Crippen molar-refractivity contribution in [3.63, 3.8) is 0 Å². The highest BCUT2D eigenvalue weighted by atomic mass is 28.4. The summed E-state index contributed by atoms with van der Waals surface area (Å²) in [4.78, 5) is 25.4. The maximum atomic E-state index is 8.47. The van der Waals surface area contributed by atoms with E-state index in [4.69, 9.17) is 14.4 Å². The number of hydrogen-bond donors (Lipinski definition) is 3. The third-order valence-corrected chi connectivity index (χ3v) is 2.31. The Kier molecular flexibility index (Phi) is 2.36. The Labute approximate surface area is 49.3 Å². The van der Waals surface area contributed by atoms with Crippen molar-refractivity contribution in [2.45, 2.75) is 13.8 Å². The molecule has 0 amide bonds. The first-order valence-corrected chi connectivity index (χ1v) is 4.13. The van der Waals surface area contributed by atoms with Gasteiger partial charge in [-0.25, -0.2) is 0 Å². The molecule has 3 N–H and O–H groups in total. The average molecular weight is 134 g/mol. The molecule has 0 unspecified atom stereocenters. The van der Waals surface area contributed by atoms with Crippen LogP contribution in [0.5, 0.6) is 0 Å². The van der Waals surface area contributed by atoms with Crippen LogP contribution >= 0.6 is 0 Å². The maximum absolute atomic E-state index is 8.47. The second kappa shape index (κ2) is 2.41. The molecule has 0 heterocycles. The summed E-state index contributed by atoms with van der Waals surface area (Å²) in [5.41, 5.74) is 0. The molecule has 0 atom stereocenters. The van der Waals surface area contributed by atoms with Crippen LogP contribution in [0, 0.1) is 0 Å². The predicted molar refractivity (Wildman–Crippen MR) is 31.8 cm³/mol. The van der Waals surface area contributed by atoms with E-state index in [1.165, 1.54) is 13.0 Å². The normalized spacial score (nSPS) is 14.4. The van der Waals surface area contributed by atoms with Gasteiger partial charge in [-0.05, 0) is 19.0 Å². The molecule has 8 heavy (non-hydrogen) atoms. The van der Waals surface area contributed by atoms with Crippen molar-refractivity contribution >= 4 is 8.80 Å². The molecule has 0 aliphatic rings. The molecule has 0 aliphatic heterocycles. The topological polar surface area (TPSA) is 60.7 Å². The minimum atomic E-state index is -3.90. The molecular formula is C4H10O3Si. The van der Waals surface area contributed by atoms with E-state index in [-0.39, 0.29) is 5.20 Å².